The Bertz CT molecular complexity index is 391. The number of halogens is 1. The zero-order valence-corrected chi connectivity index (χ0v) is 9.92. The minimum atomic E-state index is -0.0231. The van der Waals surface area contributed by atoms with E-state index in [0.29, 0.717) is 17.9 Å². The highest BCUT2D eigenvalue weighted by Gasteiger charge is 2.06. The minimum Gasteiger partial charge on any atom is -0.352 e. The third-order valence-corrected chi connectivity index (χ3v) is 2.36. The van der Waals surface area contributed by atoms with Crippen molar-refractivity contribution in [1.29, 1.82) is 0 Å². The second-order valence-electron chi connectivity index (χ2n) is 3.68. The quantitative estimate of drug-likeness (QED) is 0.798. The maximum Gasteiger partial charge on any atom is 0.224 e. The Morgan fingerprint density at radius 1 is 1.50 bits per heavy atom. The molecule has 16 heavy (non-hydrogen) atoms. The van der Waals surface area contributed by atoms with Crippen molar-refractivity contribution in [1.82, 2.24) is 5.32 Å². The van der Waals surface area contributed by atoms with Gasteiger partial charge in [0.15, 0.2) is 0 Å². The first-order chi connectivity index (χ1) is 7.61. The molecule has 84 valence electrons. The van der Waals surface area contributed by atoms with Crippen LogP contribution in [-0.4, -0.2) is 11.9 Å². The standard InChI is InChI=1S/C13H14ClNO/c1-3-4-10(2)15-13(16)9-11-5-7-12(14)8-6-11/h1,5-8,10H,4,9H2,2H3,(H,15,16). The van der Waals surface area contributed by atoms with Gasteiger partial charge in [0.2, 0.25) is 5.91 Å². The zero-order valence-electron chi connectivity index (χ0n) is 9.16. The normalized spacial score (nSPS) is 11.6. The topological polar surface area (TPSA) is 29.1 Å². The summed E-state index contributed by atoms with van der Waals surface area (Å²) in [5.74, 6) is 2.49. The van der Waals surface area contributed by atoms with Gasteiger partial charge in [-0.05, 0) is 24.6 Å². The zero-order chi connectivity index (χ0) is 12.0. The Morgan fingerprint density at radius 3 is 2.69 bits per heavy atom. The molecule has 0 aliphatic heterocycles. The summed E-state index contributed by atoms with van der Waals surface area (Å²) in [6.07, 6.45) is 6.06. The van der Waals surface area contributed by atoms with Gasteiger partial charge in [0.1, 0.15) is 0 Å². The smallest absolute Gasteiger partial charge is 0.224 e. The fraction of sp³-hybridized carbons (Fsp3) is 0.308. The maximum absolute atomic E-state index is 11.6. The van der Waals surface area contributed by atoms with E-state index in [1.165, 1.54) is 0 Å². The van der Waals surface area contributed by atoms with Gasteiger partial charge in [0.25, 0.3) is 0 Å². The summed E-state index contributed by atoms with van der Waals surface area (Å²) < 4.78 is 0. The highest BCUT2D eigenvalue weighted by molar-refractivity contribution is 6.30. The number of amides is 1. The molecule has 0 fully saturated rings. The fourth-order valence-electron chi connectivity index (χ4n) is 1.34. The van der Waals surface area contributed by atoms with Crippen LogP contribution < -0.4 is 5.32 Å². The van der Waals surface area contributed by atoms with Crippen molar-refractivity contribution < 1.29 is 4.79 Å². The molecule has 0 aromatic heterocycles. The van der Waals surface area contributed by atoms with Crippen molar-refractivity contribution in [3.63, 3.8) is 0 Å². The van der Waals surface area contributed by atoms with Gasteiger partial charge in [-0.2, -0.15) is 0 Å². The highest BCUT2D eigenvalue weighted by atomic mass is 35.5. The molecule has 1 atom stereocenters. The Labute approximate surface area is 101 Å². The molecular weight excluding hydrogens is 222 g/mol. The van der Waals surface area contributed by atoms with Gasteiger partial charge in [-0.1, -0.05) is 23.7 Å². The molecule has 1 aromatic rings. The summed E-state index contributed by atoms with van der Waals surface area (Å²) in [5.41, 5.74) is 0.940. The molecule has 0 bridgehead atoms. The van der Waals surface area contributed by atoms with Crippen LogP contribution >= 0.6 is 11.6 Å². The molecule has 1 amide bonds. The number of carbonyl (C=O) groups is 1. The second-order valence-corrected chi connectivity index (χ2v) is 4.12. The molecule has 0 spiro atoms. The molecule has 1 aromatic carbocycles. The minimum absolute atomic E-state index is 0.0183. The summed E-state index contributed by atoms with van der Waals surface area (Å²) in [6.45, 7) is 1.89. The van der Waals surface area contributed by atoms with Gasteiger partial charge in [-0.3, -0.25) is 4.79 Å². The van der Waals surface area contributed by atoms with Crippen molar-refractivity contribution in [2.24, 2.45) is 0 Å². The van der Waals surface area contributed by atoms with E-state index in [1.54, 1.807) is 12.1 Å². The molecular formula is C13H14ClNO. The van der Waals surface area contributed by atoms with Crippen molar-refractivity contribution in [3.05, 3.63) is 34.9 Å². The molecule has 3 heteroatoms. The first-order valence-electron chi connectivity index (χ1n) is 5.09. The molecule has 0 aliphatic carbocycles. The number of rotatable bonds is 4. The van der Waals surface area contributed by atoms with Gasteiger partial charge in [0.05, 0.1) is 6.42 Å². The van der Waals surface area contributed by atoms with Crippen molar-refractivity contribution in [3.8, 4) is 12.3 Å². The van der Waals surface area contributed by atoms with Crippen molar-refractivity contribution in [2.75, 3.05) is 0 Å². The predicted molar refractivity (Wildman–Crippen MR) is 66.2 cm³/mol. The Balaban J connectivity index is 2.46. The molecule has 0 radical (unpaired) electrons. The lowest BCUT2D eigenvalue weighted by atomic mass is 10.1. The summed E-state index contributed by atoms with van der Waals surface area (Å²) in [4.78, 5) is 11.6. The molecule has 0 saturated heterocycles. The first-order valence-corrected chi connectivity index (χ1v) is 5.47. The number of hydrogen-bond acceptors (Lipinski definition) is 1. The van der Waals surface area contributed by atoms with Crippen LogP contribution in [0.3, 0.4) is 0 Å². The Kier molecular flexibility index (Phi) is 4.88. The molecule has 0 saturated carbocycles. The van der Waals surface area contributed by atoms with E-state index in [9.17, 15) is 4.79 Å². The monoisotopic (exact) mass is 235 g/mol. The molecule has 0 heterocycles. The number of terminal acetylenes is 1. The highest BCUT2D eigenvalue weighted by Crippen LogP contribution is 2.09. The SMILES string of the molecule is C#CCC(C)NC(=O)Cc1ccc(Cl)cc1. The Morgan fingerprint density at radius 2 is 2.12 bits per heavy atom. The van der Waals surface area contributed by atoms with Crippen LogP contribution in [0.1, 0.15) is 18.9 Å². The van der Waals surface area contributed by atoms with Crippen LogP contribution in [0.2, 0.25) is 5.02 Å². The van der Waals surface area contributed by atoms with E-state index >= 15 is 0 Å². The number of benzene rings is 1. The molecule has 1 rings (SSSR count). The third kappa shape index (κ3) is 4.37. The summed E-state index contributed by atoms with van der Waals surface area (Å²) in [7, 11) is 0. The average Bonchev–Trinajstić information content (AvgIpc) is 2.21. The van der Waals surface area contributed by atoms with Crippen LogP contribution in [0.15, 0.2) is 24.3 Å². The number of carbonyl (C=O) groups excluding carboxylic acids is 1. The van der Waals surface area contributed by atoms with Gasteiger partial charge in [0, 0.05) is 17.5 Å². The fourth-order valence-corrected chi connectivity index (χ4v) is 1.47. The second kappa shape index (κ2) is 6.19. The lowest BCUT2D eigenvalue weighted by Gasteiger charge is -2.10. The van der Waals surface area contributed by atoms with E-state index in [1.807, 2.05) is 19.1 Å². The van der Waals surface area contributed by atoms with Crippen molar-refractivity contribution >= 4 is 17.5 Å². The number of hydrogen-bond donors (Lipinski definition) is 1. The predicted octanol–water partition coefficient (Wildman–Crippen LogP) is 2.41. The van der Waals surface area contributed by atoms with Gasteiger partial charge in [-0.15, -0.1) is 12.3 Å². The van der Waals surface area contributed by atoms with Crippen molar-refractivity contribution in [2.45, 2.75) is 25.8 Å². The maximum atomic E-state index is 11.6. The largest absolute Gasteiger partial charge is 0.352 e. The molecule has 2 nitrogen and oxygen atoms in total. The number of nitrogens with one attached hydrogen (secondary N) is 1. The van der Waals surface area contributed by atoms with Crippen LogP contribution in [0.4, 0.5) is 0 Å². The van der Waals surface area contributed by atoms with Crippen LogP contribution in [0.25, 0.3) is 0 Å². The van der Waals surface area contributed by atoms with Gasteiger partial charge in [-0.25, -0.2) is 0 Å². The van der Waals surface area contributed by atoms with Crippen LogP contribution in [0.5, 0.6) is 0 Å². The van der Waals surface area contributed by atoms with E-state index in [0.717, 1.165) is 5.56 Å². The van der Waals surface area contributed by atoms with Gasteiger partial charge >= 0.3 is 0 Å². The summed E-state index contributed by atoms with van der Waals surface area (Å²) >= 11 is 5.75. The van der Waals surface area contributed by atoms with Crippen LogP contribution in [-0.2, 0) is 11.2 Å². The summed E-state index contributed by atoms with van der Waals surface area (Å²) in [5, 5.41) is 3.50. The van der Waals surface area contributed by atoms with Gasteiger partial charge < -0.3 is 5.32 Å². The lowest BCUT2D eigenvalue weighted by Crippen LogP contribution is -2.33. The van der Waals surface area contributed by atoms with E-state index in [4.69, 9.17) is 18.0 Å². The summed E-state index contributed by atoms with van der Waals surface area (Å²) in [6, 6.07) is 7.25. The van der Waals surface area contributed by atoms with E-state index < -0.39 is 0 Å². The van der Waals surface area contributed by atoms with E-state index in [2.05, 4.69) is 11.2 Å². The first kappa shape index (κ1) is 12.6. The average molecular weight is 236 g/mol. The van der Waals surface area contributed by atoms with E-state index in [-0.39, 0.29) is 11.9 Å². The lowest BCUT2D eigenvalue weighted by molar-refractivity contribution is -0.121. The Hall–Kier alpha value is -1.46. The molecule has 0 aliphatic rings. The third-order valence-electron chi connectivity index (χ3n) is 2.11. The molecule has 1 unspecified atom stereocenters. The van der Waals surface area contributed by atoms with Crippen LogP contribution in [0, 0.1) is 12.3 Å². The molecule has 1 N–H and O–H groups in total.